The van der Waals surface area contributed by atoms with E-state index in [-0.39, 0.29) is 30.6 Å². The third kappa shape index (κ3) is 7.05. The molecule has 3 rings (SSSR count). The molecule has 7 nitrogen and oxygen atoms in total. The van der Waals surface area contributed by atoms with Crippen LogP contribution in [0.25, 0.3) is 11.1 Å². The number of rotatable bonds is 11. The minimum absolute atomic E-state index is 0.0176. The molecule has 0 bridgehead atoms. The summed E-state index contributed by atoms with van der Waals surface area (Å²) in [6, 6.07) is 15.2. The molecule has 0 radical (unpaired) electrons. The smallest absolute Gasteiger partial charge is 0.308 e. The molecule has 8 heteroatoms. The largest absolute Gasteiger partial charge is 0.469 e. The van der Waals surface area contributed by atoms with Crippen molar-refractivity contribution in [3.05, 3.63) is 77.4 Å². The number of ether oxygens (including phenoxy) is 1. The van der Waals surface area contributed by atoms with Crippen molar-refractivity contribution in [2.75, 3.05) is 12.4 Å². The molecular formula is C29H35FN2O5. The summed E-state index contributed by atoms with van der Waals surface area (Å²) in [5.41, 5.74) is 4.33. The highest BCUT2D eigenvalue weighted by Gasteiger charge is 2.27. The predicted octanol–water partition coefficient (Wildman–Crippen LogP) is 5.04. The number of aliphatic hydroxyl groups is 2. The van der Waals surface area contributed by atoms with Crippen molar-refractivity contribution in [2.45, 2.75) is 64.7 Å². The van der Waals surface area contributed by atoms with E-state index in [1.807, 2.05) is 55.7 Å². The molecule has 0 spiro atoms. The van der Waals surface area contributed by atoms with Gasteiger partial charge in [0.15, 0.2) is 0 Å². The van der Waals surface area contributed by atoms with E-state index in [1.54, 1.807) is 12.1 Å². The lowest BCUT2D eigenvalue weighted by Gasteiger charge is -2.20. The number of anilines is 1. The van der Waals surface area contributed by atoms with Gasteiger partial charge in [0.2, 0.25) is 0 Å². The second-order valence-corrected chi connectivity index (χ2v) is 9.45. The topological polar surface area (TPSA) is 101 Å². The van der Waals surface area contributed by atoms with E-state index in [2.05, 4.69) is 10.1 Å². The number of nitrogens with zero attached hydrogens (tertiary/aromatic N) is 1. The Hall–Kier alpha value is -3.49. The van der Waals surface area contributed by atoms with Gasteiger partial charge in [-0.2, -0.15) is 0 Å². The molecule has 0 fully saturated rings. The summed E-state index contributed by atoms with van der Waals surface area (Å²) < 4.78 is 20.3. The van der Waals surface area contributed by atoms with Crippen LogP contribution in [0.3, 0.4) is 0 Å². The molecule has 37 heavy (non-hydrogen) atoms. The first kappa shape index (κ1) is 28.1. The molecular weight excluding hydrogens is 475 g/mol. The highest BCUT2D eigenvalue weighted by atomic mass is 19.1. The fourth-order valence-corrected chi connectivity index (χ4v) is 4.67. The van der Waals surface area contributed by atoms with E-state index in [0.717, 1.165) is 22.4 Å². The van der Waals surface area contributed by atoms with E-state index < -0.39 is 18.2 Å². The molecule has 1 heterocycles. The van der Waals surface area contributed by atoms with E-state index in [9.17, 15) is 24.2 Å². The monoisotopic (exact) mass is 510 g/mol. The average Bonchev–Trinajstić information content (AvgIpc) is 3.16. The number of para-hydroxylation sites is 1. The Morgan fingerprint density at radius 1 is 1.03 bits per heavy atom. The quantitative estimate of drug-likeness (QED) is 0.314. The second kappa shape index (κ2) is 12.7. The highest BCUT2D eigenvalue weighted by molar-refractivity contribution is 6.06. The number of carbonyl (C=O) groups excluding carboxylic acids is 2. The molecule has 0 unspecified atom stereocenters. The standard InChI is InChI=1S/C29H35FN2O5/c1-18(2)32-25(15-14-23(33)16-24(34)17-26(35)37-4)27(20-10-12-21(30)13-11-20)19(3)28(32)29(36)31-22-8-6-5-7-9-22/h5-13,18,23-24,33-34H,14-17H2,1-4H3,(H,31,36)/t23-,24-/m1/s1. The van der Waals surface area contributed by atoms with Gasteiger partial charge < -0.3 is 24.8 Å². The minimum atomic E-state index is -1.02. The summed E-state index contributed by atoms with van der Waals surface area (Å²) in [6.45, 7) is 5.83. The SMILES string of the molecule is COC(=O)C[C@H](O)C[C@H](O)CCc1c(-c2ccc(F)cc2)c(C)c(C(=O)Nc2ccccc2)n1C(C)C. The van der Waals surface area contributed by atoms with Crippen molar-refractivity contribution >= 4 is 17.6 Å². The van der Waals surface area contributed by atoms with E-state index in [0.29, 0.717) is 24.2 Å². The Morgan fingerprint density at radius 2 is 1.68 bits per heavy atom. The maximum atomic E-state index is 13.7. The normalized spacial score (nSPS) is 12.9. The zero-order chi connectivity index (χ0) is 27.1. The predicted molar refractivity (Wildman–Crippen MR) is 141 cm³/mol. The van der Waals surface area contributed by atoms with Crippen LogP contribution in [0.5, 0.6) is 0 Å². The fraction of sp³-hybridized carbons (Fsp3) is 0.379. The van der Waals surface area contributed by atoms with Crippen LogP contribution < -0.4 is 5.32 Å². The summed E-state index contributed by atoms with van der Waals surface area (Å²) >= 11 is 0. The van der Waals surface area contributed by atoms with E-state index >= 15 is 0 Å². The summed E-state index contributed by atoms with van der Waals surface area (Å²) in [5, 5.41) is 23.7. The summed E-state index contributed by atoms with van der Waals surface area (Å²) in [5.74, 6) is -1.17. The first-order valence-corrected chi connectivity index (χ1v) is 12.4. The van der Waals surface area contributed by atoms with Crippen molar-refractivity contribution in [1.29, 1.82) is 0 Å². The van der Waals surface area contributed by atoms with Crippen molar-refractivity contribution in [1.82, 2.24) is 4.57 Å². The Labute approximate surface area is 216 Å². The van der Waals surface area contributed by atoms with Gasteiger partial charge in [-0.1, -0.05) is 30.3 Å². The van der Waals surface area contributed by atoms with Crippen LogP contribution in [0.15, 0.2) is 54.6 Å². The molecule has 2 aromatic carbocycles. The second-order valence-electron chi connectivity index (χ2n) is 9.45. The Bertz CT molecular complexity index is 1210. The number of aromatic nitrogens is 1. The third-order valence-corrected chi connectivity index (χ3v) is 6.33. The number of esters is 1. The van der Waals surface area contributed by atoms with Crippen LogP contribution in [-0.4, -0.2) is 46.0 Å². The molecule has 3 N–H and O–H groups in total. The van der Waals surface area contributed by atoms with Gasteiger partial charge in [-0.3, -0.25) is 9.59 Å². The summed E-state index contributed by atoms with van der Waals surface area (Å²) in [4.78, 5) is 24.9. The molecule has 0 aliphatic carbocycles. The number of hydrogen-bond donors (Lipinski definition) is 3. The molecule has 1 aromatic heterocycles. The van der Waals surface area contributed by atoms with Crippen molar-refractivity contribution in [3.8, 4) is 11.1 Å². The van der Waals surface area contributed by atoms with Crippen LogP contribution in [0.2, 0.25) is 0 Å². The third-order valence-electron chi connectivity index (χ3n) is 6.33. The molecule has 2 atom stereocenters. The van der Waals surface area contributed by atoms with Crippen LogP contribution in [0, 0.1) is 12.7 Å². The number of hydrogen-bond acceptors (Lipinski definition) is 5. The number of amides is 1. The number of aliphatic hydroxyl groups excluding tert-OH is 2. The fourth-order valence-electron chi connectivity index (χ4n) is 4.67. The maximum absolute atomic E-state index is 13.7. The van der Waals surface area contributed by atoms with Gasteiger partial charge in [-0.25, -0.2) is 4.39 Å². The summed E-state index contributed by atoms with van der Waals surface area (Å²) in [7, 11) is 1.25. The lowest BCUT2D eigenvalue weighted by molar-refractivity contribution is -0.143. The maximum Gasteiger partial charge on any atom is 0.308 e. The molecule has 0 saturated carbocycles. The van der Waals surface area contributed by atoms with Gasteiger partial charge in [-0.05, 0) is 75.4 Å². The minimum Gasteiger partial charge on any atom is -0.469 e. The highest BCUT2D eigenvalue weighted by Crippen LogP contribution is 2.36. The number of nitrogens with one attached hydrogen (secondary N) is 1. The van der Waals surface area contributed by atoms with Gasteiger partial charge in [0, 0.05) is 23.0 Å². The lowest BCUT2D eigenvalue weighted by atomic mass is 9.97. The Morgan fingerprint density at radius 3 is 2.27 bits per heavy atom. The van der Waals surface area contributed by atoms with Gasteiger partial charge in [-0.15, -0.1) is 0 Å². The van der Waals surface area contributed by atoms with Gasteiger partial charge in [0.25, 0.3) is 5.91 Å². The number of carbonyl (C=O) groups is 2. The number of benzene rings is 2. The number of methoxy groups -OCH3 is 1. The van der Waals surface area contributed by atoms with Crippen LogP contribution >= 0.6 is 0 Å². The van der Waals surface area contributed by atoms with Crippen LogP contribution in [0.4, 0.5) is 10.1 Å². The first-order valence-electron chi connectivity index (χ1n) is 12.4. The molecule has 0 saturated heterocycles. The van der Waals surface area contributed by atoms with Gasteiger partial charge >= 0.3 is 5.97 Å². The molecule has 0 aliphatic rings. The van der Waals surface area contributed by atoms with E-state index in [1.165, 1.54) is 19.2 Å². The Balaban J connectivity index is 1.99. The Kier molecular flexibility index (Phi) is 9.60. The van der Waals surface area contributed by atoms with Crippen LogP contribution in [-0.2, 0) is 16.0 Å². The number of halogens is 1. The van der Waals surface area contributed by atoms with E-state index in [4.69, 9.17) is 0 Å². The lowest BCUT2D eigenvalue weighted by Crippen LogP contribution is -2.23. The summed E-state index contributed by atoms with van der Waals surface area (Å²) in [6.07, 6.45) is -1.38. The zero-order valence-electron chi connectivity index (χ0n) is 21.7. The molecule has 1 amide bonds. The van der Waals surface area contributed by atoms with Gasteiger partial charge in [0.05, 0.1) is 25.7 Å². The average molecular weight is 511 g/mol. The van der Waals surface area contributed by atoms with Crippen LogP contribution in [0.1, 0.15) is 60.9 Å². The van der Waals surface area contributed by atoms with Gasteiger partial charge in [0.1, 0.15) is 11.5 Å². The first-order chi connectivity index (χ1) is 17.6. The van der Waals surface area contributed by atoms with Crippen molar-refractivity contribution in [2.24, 2.45) is 0 Å². The van der Waals surface area contributed by atoms with Crippen molar-refractivity contribution in [3.63, 3.8) is 0 Å². The molecule has 3 aromatic rings. The molecule has 198 valence electrons. The molecule has 0 aliphatic heterocycles. The van der Waals surface area contributed by atoms with Crippen molar-refractivity contribution < 1.29 is 28.9 Å². The zero-order valence-corrected chi connectivity index (χ0v) is 21.7.